The van der Waals surface area contributed by atoms with Crippen LogP contribution in [0.4, 0.5) is 17.3 Å². The van der Waals surface area contributed by atoms with Gasteiger partial charge < -0.3 is 21.5 Å². The molecule has 1 aliphatic rings. The van der Waals surface area contributed by atoms with E-state index in [0.717, 1.165) is 0 Å². The number of hydrogen-bond acceptors (Lipinski definition) is 9. The highest BCUT2D eigenvalue weighted by Crippen LogP contribution is 2.45. The Morgan fingerprint density at radius 3 is 2.74 bits per heavy atom. The number of benzene rings is 1. The first kappa shape index (κ1) is 18.6. The molecule has 0 bridgehead atoms. The SMILES string of the molecule is COc1c(Br)cc(Cl)cc1C1N=C(NC#N)Nc2nc(N)c(C#N)c(N)c21. The molecule has 0 saturated heterocycles. The monoisotopic (exact) mass is 446 g/mol. The lowest BCUT2D eigenvalue weighted by Crippen LogP contribution is -2.32. The maximum atomic E-state index is 9.37. The molecule has 0 spiro atoms. The fourth-order valence-electron chi connectivity index (χ4n) is 2.80. The average Bonchev–Trinajstić information content (AvgIpc) is 2.61. The normalized spacial score (nSPS) is 14.9. The number of pyridine rings is 1. The predicted octanol–water partition coefficient (Wildman–Crippen LogP) is 2.48. The summed E-state index contributed by atoms with van der Waals surface area (Å²) in [5.74, 6) is 0.869. The third-order valence-electron chi connectivity index (χ3n) is 3.89. The summed E-state index contributed by atoms with van der Waals surface area (Å²) in [5.41, 5.74) is 13.2. The number of aliphatic imine (C=N–C) groups is 1. The minimum atomic E-state index is -0.748. The van der Waals surface area contributed by atoms with Gasteiger partial charge in [-0.1, -0.05) is 11.6 Å². The number of rotatable bonds is 2. The van der Waals surface area contributed by atoms with Crippen molar-refractivity contribution < 1.29 is 4.74 Å². The molecule has 0 aliphatic carbocycles. The van der Waals surface area contributed by atoms with Crippen LogP contribution >= 0.6 is 27.5 Å². The first-order valence-electron chi connectivity index (χ1n) is 7.43. The number of anilines is 3. The van der Waals surface area contributed by atoms with Gasteiger partial charge in [-0.25, -0.2) is 9.98 Å². The lowest BCUT2D eigenvalue weighted by molar-refractivity contribution is 0.405. The van der Waals surface area contributed by atoms with Crippen LogP contribution in [0.25, 0.3) is 0 Å². The van der Waals surface area contributed by atoms with E-state index in [1.807, 2.05) is 6.07 Å². The lowest BCUT2D eigenvalue weighted by atomic mass is 9.94. The molecule has 27 heavy (non-hydrogen) atoms. The molecular weight excluding hydrogens is 436 g/mol. The third-order valence-corrected chi connectivity index (χ3v) is 4.70. The highest BCUT2D eigenvalue weighted by Gasteiger charge is 2.32. The zero-order valence-corrected chi connectivity index (χ0v) is 16.2. The molecule has 2 heterocycles. The molecule has 0 saturated carbocycles. The van der Waals surface area contributed by atoms with Crippen molar-refractivity contribution in [2.24, 2.45) is 4.99 Å². The largest absolute Gasteiger partial charge is 0.495 e. The van der Waals surface area contributed by atoms with Gasteiger partial charge in [0.2, 0.25) is 5.96 Å². The summed E-state index contributed by atoms with van der Waals surface area (Å²) >= 11 is 9.62. The molecule has 9 nitrogen and oxygen atoms in total. The number of aromatic nitrogens is 1. The molecule has 1 aromatic heterocycles. The van der Waals surface area contributed by atoms with E-state index in [2.05, 4.69) is 36.5 Å². The van der Waals surface area contributed by atoms with E-state index in [9.17, 15) is 5.26 Å². The second-order valence-electron chi connectivity index (χ2n) is 5.41. The second kappa shape index (κ2) is 7.19. The summed E-state index contributed by atoms with van der Waals surface area (Å²) in [6.07, 6.45) is 1.79. The summed E-state index contributed by atoms with van der Waals surface area (Å²) in [4.78, 5) is 8.68. The first-order chi connectivity index (χ1) is 12.9. The zero-order chi connectivity index (χ0) is 19.7. The number of nitriles is 2. The van der Waals surface area contributed by atoms with Crippen molar-refractivity contribution in [3.05, 3.63) is 38.3 Å². The van der Waals surface area contributed by atoms with E-state index < -0.39 is 6.04 Å². The molecule has 0 radical (unpaired) electrons. The van der Waals surface area contributed by atoms with Crippen LogP contribution in [0.2, 0.25) is 5.02 Å². The Hall–Kier alpha value is -3.21. The summed E-state index contributed by atoms with van der Waals surface area (Å²) in [6, 6.07) is 4.55. The van der Waals surface area contributed by atoms with Gasteiger partial charge in [-0.15, -0.1) is 0 Å². The van der Waals surface area contributed by atoms with Gasteiger partial charge in [-0.2, -0.15) is 10.5 Å². The van der Waals surface area contributed by atoms with Crippen molar-refractivity contribution in [3.8, 4) is 18.0 Å². The third kappa shape index (κ3) is 3.16. The van der Waals surface area contributed by atoms with Crippen LogP contribution in [0.5, 0.6) is 5.75 Å². The van der Waals surface area contributed by atoms with Crippen LogP contribution in [-0.4, -0.2) is 18.1 Å². The van der Waals surface area contributed by atoms with Gasteiger partial charge in [0.15, 0.2) is 6.19 Å². The summed E-state index contributed by atoms with van der Waals surface area (Å²) in [5, 5.41) is 24.0. The molecule has 0 amide bonds. The number of fused-ring (bicyclic) bond motifs is 1. The number of halogens is 2. The fraction of sp³-hybridized carbons (Fsp3) is 0.125. The van der Waals surface area contributed by atoms with Gasteiger partial charge in [0.05, 0.1) is 17.3 Å². The predicted molar refractivity (Wildman–Crippen MR) is 105 cm³/mol. The smallest absolute Gasteiger partial charge is 0.211 e. The Kier molecular flexibility index (Phi) is 4.95. The number of hydrogen-bond donors (Lipinski definition) is 4. The quantitative estimate of drug-likeness (QED) is 0.403. The van der Waals surface area contributed by atoms with E-state index in [1.54, 1.807) is 18.3 Å². The highest BCUT2D eigenvalue weighted by molar-refractivity contribution is 9.10. The van der Waals surface area contributed by atoms with Crippen molar-refractivity contribution in [1.82, 2.24) is 10.3 Å². The summed E-state index contributed by atoms with van der Waals surface area (Å²) < 4.78 is 6.09. The van der Waals surface area contributed by atoms with Crippen molar-refractivity contribution in [2.75, 3.05) is 23.9 Å². The Morgan fingerprint density at radius 2 is 2.11 bits per heavy atom. The Labute approximate surface area is 167 Å². The molecule has 2 aromatic rings. The average molecular weight is 448 g/mol. The van der Waals surface area contributed by atoms with Gasteiger partial charge in [-0.05, 0) is 28.1 Å². The van der Waals surface area contributed by atoms with Crippen LogP contribution in [0.1, 0.15) is 22.7 Å². The molecule has 1 aliphatic heterocycles. The maximum absolute atomic E-state index is 9.37. The van der Waals surface area contributed by atoms with E-state index in [4.69, 9.17) is 33.1 Å². The number of nitrogens with zero attached hydrogens (tertiary/aromatic N) is 4. The van der Waals surface area contributed by atoms with Gasteiger partial charge in [0.1, 0.15) is 35.1 Å². The van der Waals surface area contributed by atoms with Crippen molar-refractivity contribution in [3.63, 3.8) is 0 Å². The molecule has 1 aromatic carbocycles. The van der Waals surface area contributed by atoms with Crippen LogP contribution in [0.15, 0.2) is 21.6 Å². The molecule has 1 atom stereocenters. The minimum Gasteiger partial charge on any atom is -0.495 e. The molecule has 1 unspecified atom stereocenters. The lowest BCUT2D eigenvalue weighted by Gasteiger charge is -2.27. The molecule has 0 fully saturated rings. The molecule has 3 rings (SSSR count). The van der Waals surface area contributed by atoms with E-state index >= 15 is 0 Å². The van der Waals surface area contributed by atoms with E-state index in [1.165, 1.54) is 7.11 Å². The Balaban J connectivity index is 2.34. The van der Waals surface area contributed by atoms with Crippen molar-refractivity contribution in [1.29, 1.82) is 10.5 Å². The standard InChI is InChI=1S/C16H12BrClN8O/c1-27-13-7(2-6(18)3-9(13)17)12-10-11(21)8(4-19)14(22)25-15(10)26-16(24-12)23-5-20/h2-3,12H,1H3,(H6,21,22,23,24,25,26). The highest BCUT2D eigenvalue weighted by atomic mass is 79.9. The fourth-order valence-corrected chi connectivity index (χ4v) is 3.80. The van der Waals surface area contributed by atoms with Gasteiger partial charge >= 0.3 is 0 Å². The number of guanidine groups is 1. The Morgan fingerprint density at radius 1 is 1.37 bits per heavy atom. The molecule has 136 valence electrons. The van der Waals surface area contributed by atoms with Crippen molar-refractivity contribution in [2.45, 2.75) is 6.04 Å². The van der Waals surface area contributed by atoms with Gasteiger partial charge in [0, 0.05) is 16.1 Å². The van der Waals surface area contributed by atoms with Crippen LogP contribution in [0.3, 0.4) is 0 Å². The number of nitrogens with two attached hydrogens (primary N) is 2. The zero-order valence-electron chi connectivity index (χ0n) is 13.8. The topological polar surface area (TPSA) is 158 Å². The summed E-state index contributed by atoms with van der Waals surface area (Å²) in [7, 11) is 1.50. The summed E-state index contributed by atoms with van der Waals surface area (Å²) in [6.45, 7) is 0. The maximum Gasteiger partial charge on any atom is 0.211 e. The van der Waals surface area contributed by atoms with Crippen LogP contribution < -0.4 is 26.8 Å². The van der Waals surface area contributed by atoms with Gasteiger partial charge in [-0.3, -0.25) is 5.32 Å². The first-order valence-corrected chi connectivity index (χ1v) is 8.60. The number of nitrogen functional groups attached to an aromatic ring is 2. The minimum absolute atomic E-state index is 0.0301. The van der Waals surface area contributed by atoms with Crippen molar-refractivity contribution >= 4 is 50.8 Å². The number of methoxy groups -OCH3 is 1. The number of nitrogens with one attached hydrogen (secondary N) is 2. The Bertz CT molecular complexity index is 1060. The molecule has 6 N–H and O–H groups in total. The van der Waals surface area contributed by atoms with Gasteiger partial charge in [0.25, 0.3) is 0 Å². The number of ether oxygens (including phenoxy) is 1. The van der Waals surface area contributed by atoms with E-state index in [-0.39, 0.29) is 28.8 Å². The second-order valence-corrected chi connectivity index (χ2v) is 6.70. The van der Waals surface area contributed by atoms with E-state index in [0.29, 0.717) is 26.4 Å². The molecular formula is C16H12BrClN8O. The van der Waals surface area contributed by atoms with Crippen LogP contribution in [-0.2, 0) is 0 Å². The van der Waals surface area contributed by atoms with Crippen LogP contribution in [0, 0.1) is 22.8 Å². The molecule has 11 heteroatoms.